The van der Waals surface area contributed by atoms with Crippen molar-refractivity contribution in [3.8, 4) is 11.5 Å². The molecule has 0 aliphatic heterocycles. The van der Waals surface area contributed by atoms with Crippen LogP contribution in [0.25, 0.3) is 0 Å². The Hall–Kier alpha value is -6.74. The van der Waals surface area contributed by atoms with Crippen molar-refractivity contribution in [3.05, 3.63) is 227 Å². The molecule has 0 aliphatic rings. The minimum atomic E-state index is -0.181. The topological polar surface area (TPSA) is 87.4 Å². The summed E-state index contributed by atoms with van der Waals surface area (Å²) in [5.41, 5.74) is 8.01. The molecule has 0 aliphatic carbocycles. The van der Waals surface area contributed by atoms with Crippen LogP contribution in [0.4, 0.5) is 0 Å². The van der Waals surface area contributed by atoms with Gasteiger partial charge in [-0.05, 0) is 57.6 Å². The monoisotopic (exact) mass is 766 g/mol. The van der Waals surface area contributed by atoms with Crippen LogP contribution in [0.2, 0.25) is 0 Å². The van der Waals surface area contributed by atoms with Crippen LogP contribution in [0.3, 0.4) is 0 Å². The SMILES string of the molecule is C(=N\[C@@H](COCc1ccc(COC[C@H](/N=C/c2ccc(OCc3ccccc3)cn2)c2ccccc2)cc1)c1ccccc1)/c1ccc(OCc2ccccc2)cn1. The number of aliphatic imine (C=N–C) groups is 2. The molecule has 8 nitrogen and oxygen atoms in total. The fraction of sp³-hybridized carbons (Fsp3) is 0.160. The third-order valence-electron chi connectivity index (χ3n) is 9.27. The van der Waals surface area contributed by atoms with Crippen molar-refractivity contribution in [2.45, 2.75) is 38.5 Å². The van der Waals surface area contributed by atoms with Crippen molar-refractivity contribution in [3.63, 3.8) is 0 Å². The van der Waals surface area contributed by atoms with Gasteiger partial charge >= 0.3 is 0 Å². The van der Waals surface area contributed by atoms with Crippen molar-refractivity contribution in [2.75, 3.05) is 13.2 Å². The summed E-state index contributed by atoms with van der Waals surface area (Å²) in [5, 5.41) is 0. The van der Waals surface area contributed by atoms with Crippen LogP contribution in [-0.4, -0.2) is 35.6 Å². The van der Waals surface area contributed by atoms with Crippen molar-refractivity contribution >= 4 is 12.4 Å². The number of ether oxygens (including phenoxy) is 4. The summed E-state index contributed by atoms with van der Waals surface area (Å²) >= 11 is 0. The summed E-state index contributed by atoms with van der Waals surface area (Å²) in [5.74, 6) is 1.42. The van der Waals surface area contributed by atoms with Gasteiger partial charge in [0.25, 0.3) is 0 Å². The minimum absolute atomic E-state index is 0.181. The lowest BCUT2D eigenvalue weighted by Crippen LogP contribution is -2.08. The molecule has 7 rings (SSSR count). The first-order valence-electron chi connectivity index (χ1n) is 19.4. The van der Waals surface area contributed by atoms with Gasteiger partial charge in [-0.1, -0.05) is 146 Å². The highest BCUT2D eigenvalue weighted by atomic mass is 16.5. The number of hydrogen-bond acceptors (Lipinski definition) is 8. The smallest absolute Gasteiger partial charge is 0.138 e. The third-order valence-corrected chi connectivity index (χ3v) is 9.27. The Morgan fingerprint density at radius 2 is 0.759 bits per heavy atom. The first kappa shape index (κ1) is 39.5. The van der Waals surface area contributed by atoms with Gasteiger partial charge in [-0.15, -0.1) is 0 Å². The number of benzene rings is 5. The van der Waals surface area contributed by atoms with Crippen LogP contribution in [-0.2, 0) is 35.9 Å². The maximum atomic E-state index is 6.21. The highest BCUT2D eigenvalue weighted by Gasteiger charge is 2.12. The van der Waals surface area contributed by atoms with Crippen LogP contribution >= 0.6 is 0 Å². The average molecular weight is 767 g/mol. The molecule has 0 amide bonds. The number of pyridine rings is 2. The zero-order chi connectivity index (χ0) is 39.5. The Morgan fingerprint density at radius 3 is 1.12 bits per heavy atom. The summed E-state index contributed by atoms with van der Waals surface area (Å²) in [4.78, 5) is 18.8. The van der Waals surface area contributed by atoms with Gasteiger partial charge in [0.15, 0.2) is 0 Å². The van der Waals surface area contributed by atoms with E-state index in [1.165, 1.54) is 0 Å². The molecule has 2 aromatic heterocycles. The van der Waals surface area contributed by atoms with E-state index < -0.39 is 0 Å². The summed E-state index contributed by atoms with van der Waals surface area (Å²) in [6, 6.07) is 56.1. The van der Waals surface area contributed by atoms with Crippen molar-refractivity contribution < 1.29 is 18.9 Å². The molecule has 0 unspecified atom stereocenters. The highest BCUT2D eigenvalue weighted by molar-refractivity contribution is 5.77. The van der Waals surface area contributed by atoms with E-state index in [4.69, 9.17) is 28.9 Å². The van der Waals surface area contributed by atoms with Gasteiger partial charge in [0.1, 0.15) is 24.7 Å². The second kappa shape index (κ2) is 21.5. The molecular weight excluding hydrogens is 721 g/mol. The molecule has 0 saturated heterocycles. The predicted molar refractivity (Wildman–Crippen MR) is 229 cm³/mol. The first-order valence-corrected chi connectivity index (χ1v) is 19.4. The van der Waals surface area contributed by atoms with Gasteiger partial charge in [-0.2, -0.15) is 0 Å². The fourth-order valence-electron chi connectivity index (χ4n) is 6.03. The van der Waals surface area contributed by atoms with E-state index in [2.05, 4.69) is 58.5 Å². The van der Waals surface area contributed by atoms with Crippen molar-refractivity contribution in [1.82, 2.24) is 9.97 Å². The summed E-state index contributed by atoms with van der Waals surface area (Å²) < 4.78 is 24.2. The Labute approximate surface area is 340 Å². The van der Waals surface area contributed by atoms with Crippen molar-refractivity contribution in [2.24, 2.45) is 9.98 Å². The number of rotatable bonds is 20. The van der Waals surface area contributed by atoms with E-state index in [1.807, 2.05) is 121 Å². The molecule has 2 heterocycles. The van der Waals surface area contributed by atoms with Crippen molar-refractivity contribution in [1.29, 1.82) is 0 Å². The number of aromatic nitrogens is 2. The second-order valence-electron chi connectivity index (χ2n) is 13.6. The molecule has 8 heteroatoms. The van der Waals surface area contributed by atoms with Crippen LogP contribution in [0.5, 0.6) is 11.5 Å². The Bertz CT molecular complexity index is 2110. The van der Waals surface area contributed by atoms with Gasteiger partial charge in [0, 0.05) is 12.4 Å². The standard InChI is InChI=1S/C50H46N4O4/c1-5-13-39(14-6-1)35-57-47-27-25-45(51-31-47)29-53-49(43-17-9-3-10-18-43)37-55-33-41-21-23-42(24-22-41)34-56-38-50(44-19-11-4-12-20-44)54-30-46-26-28-48(32-52-46)58-36-40-15-7-2-8-16-40/h1-32,49-50H,33-38H2/b53-29+,54-30+/t49-,50-/m0/s1. The van der Waals surface area contributed by atoms with Gasteiger partial charge in [-0.25, -0.2) is 0 Å². The van der Waals surface area contributed by atoms with E-state index in [1.54, 1.807) is 24.8 Å². The zero-order valence-corrected chi connectivity index (χ0v) is 32.3. The molecule has 0 radical (unpaired) electrons. The predicted octanol–water partition coefficient (Wildman–Crippen LogP) is 10.4. The van der Waals surface area contributed by atoms with E-state index in [0.717, 1.165) is 44.8 Å². The maximum absolute atomic E-state index is 6.21. The molecular formula is C50H46N4O4. The van der Waals surface area contributed by atoms with Crippen LogP contribution in [0.1, 0.15) is 56.9 Å². The van der Waals surface area contributed by atoms with E-state index in [0.29, 0.717) is 51.1 Å². The molecule has 0 bridgehead atoms. The Morgan fingerprint density at radius 1 is 0.397 bits per heavy atom. The summed E-state index contributed by atoms with van der Waals surface area (Å²) in [6.07, 6.45) is 7.04. The van der Waals surface area contributed by atoms with E-state index in [-0.39, 0.29) is 12.1 Å². The summed E-state index contributed by atoms with van der Waals surface area (Å²) in [6.45, 7) is 2.76. The summed E-state index contributed by atoms with van der Waals surface area (Å²) in [7, 11) is 0. The van der Waals surface area contributed by atoms with Gasteiger partial charge in [0.2, 0.25) is 0 Å². The minimum Gasteiger partial charge on any atom is -0.487 e. The van der Waals surface area contributed by atoms with E-state index >= 15 is 0 Å². The molecule has 58 heavy (non-hydrogen) atoms. The van der Waals surface area contributed by atoms with Crippen LogP contribution in [0.15, 0.2) is 192 Å². The molecule has 290 valence electrons. The largest absolute Gasteiger partial charge is 0.487 e. The quantitative estimate of drug-likeness (QED) is 0.0718. The van der Waals surface area contributed by atoms with Gasteiger partial charge < -0.3 is 18.9 Å². The second-order valence-corrected chi connectivity index (χ2v) is 13.6. The third kappa shape index (κ3) is 12.6. The lowest BCUT2D eigenvalue weighted by Gasteiger charge is -2.15. The average Bonchev–Trinajstić information content (AvgIpc) is 3.29. The maximum Gasteiger partial charge on any atom is 0.138 e. The fourth-order valence-corrected chi connectivity index (χ4v) is 6.03. The molecule has 5 aromatic carbocycles. The van der Waals surface area contributed by atoms with Crippen LogP contribution in [0, 0.1) is 0 Å². The first-order chi connectivity index (χ1) is 28.7. The Kier molecular flexibility index (Phi) is 14.7. The lowest BCUT2D eigenvalue weighted by atomic mass is 10.1. The number of hydrogen-bond donors (Lipinski definition) is 0. The molecule has 7 aromatic rings. The van der Waals surface area contributed by atoms with Gasteiger partial charge in [-0.3, -0.25) is 20.0 Å². The number of nitrogens with zero attached hydrogens (tertiary/aromatic N) is 4. The molecule has 0 saturated carbocycles. The van der Waals surface area contributed by atoms with Gasteiger partial charge in [0.05, 0.1) is 62.3 Å². The molecule has 0 N–H and O–H groups in total. The van der Waals surface area contributed by atoms with E-state index in [9.17, 15) is 0 Å². The molecule has 0 spiro atoms. The highest BCUT2D eigenvalue weighted by Crippen LogP contribution is 2.21. The molecule has 0 fully saturated rings. The molecule has 2 atom stereocenters. The normalized spacial score (nSPS) is 12.4. The Balaban J connectivity index is 0.882. The lowest BCUT2D eigenvalue weighted by molar-refractivity contribution is 0.107. The van der Waals surface area contributed by atoms with Crippen LogP contribution < -0.4 is 9.47 Å². The zero-order valence-electron chi connectivity index (χ0n) is 32.3.